The fourth-order valence-electron chi connectivity index (χ4n) is 4.62. The average Bonchev–Trinajstić information content (AvgIpc) is 3.02. The second kappa shape index (κ2) is 15.2. The van der Waals surface area contributed by atoms with Gasteiger partial charge in [0.1, 0.15) is 12.6 Å². The molecular formula is C34H35Cl2N3O4S. The molecule has 4 rings (SSSR count). The van der Waals surface area contributed by atoms with Crippen molar-refractivity contribution >= 4 is 50.7 Å². The van der Waals surface area contributed by atoms with E-state index in [0.29, 0.717) is 22.3 Å². The number of halogens is 2. The Morgan fingerprint density at radius 1 is 0.750 bits per heavy atom. The molecule has 0 aliphatic heterocycles. The van der Waals surface area contributed by atoms with E-state index in [4.69, 9.17) is 23.2 Å². The number of sulfonamides is 1. The number of benzene rings is 4. The molecule has 0 fully saturated rings. The number of carbonyl (C=O) groups excluding carboxylic acids is 2. The fraction of sp³-hybridized carbons (Fsp3) is 0.235. The summed E-state index contributed by atoms with van der Waals surface area (Å²) >= 11 is 12.2. The summed E-state index contributed by atoms with van der Waals surface area (Å²) in [5.74, 6) is -0.673. The molecule has 2 amide bonds. The maximum absolute atomic E-state index is 14.4. The Labute approximate surface area is 269 Å². The van der Waals surface area contributed by atoms with Gasteiger partial charge in [-0.05, 0) is 65.6 Å². The third kappa shape index (κ3) is 8.85. The highest BCUT2D eigenvalue weighted by Gasteiger charge is 2.34. The normalized spacial score (nSPS) is 12.0. The minimum Gasteiger partial charge on any atom is -0.354 e. The monoisotopic (exact) mass is 651 g/mol. The zero-order valence-corrected chi connectivity index (χ0v) is 26.9. The molecule has 1 atom stereocenters. The van der Waals surface area contributed by atoms with Crippen LogP contribution in [0.15, 0.2) is 114 Å². The van der Waals surface area contributed by atoms with Crippen LogP contribution in [0.1, 0.15) is 25.0 Å². The lowest BCUT2D eigenvalue weighted by atomic mass is 10.0. The minimum atomic E-state index is -4.20. The Kier molecular flexibility index (Phi) is 11.4. The predicted molar refractivity (Wildman–Crippen MR) is 176 cm³/mol. The molecule has 44 heavy (non-hydrogen) atoms. The molecule has 1 N–H and O–H groups in total. The smallest absolute Gasteiger partial charge is 0.264 e. The quantitative estimate of drug-likeness (QED) is 0.176. The van der Waals surface area contributed by atoms with Crippen molar-refractivity contribution in [2.24, 2.45) is 5.92 Å². The van der Waals surface area contributed by atoms with E-state index in [9.17, 15) is 18.0 Å². The van der Waals surface area contributed by atoms with Crippen LogP contribution in [0.5, 0.6) is 0 Å². The zero-order chi connectivity index (χ0) is 31.7. The molecule has 1 unspecified atom stereocenters. The van der Waals surface area contributed by atoms with Crippen LogP contribution in [0.2, 0.25) is 10.0 Å². The van der Waals surface area contributed by atoms with Gasteiger partial charge in [0, 0.05) is 29.6 Å². The number of hydrogen-bond acceptors (Lipinski definition) is 4. The largest absolute Gasteiger partial charge is 0.354 e. The fourth-order valence-corrected chi connectivity index (χ4v) is 6.29. The van der Waals surface area contributed by atoms with Crippen molar-refractivity contribution in [1.29, 1.82) is 0 Å². The number of nitrogens with zero attached hydrogens (tertiary/aromatic N) is 2. The van der Waals surface area contributed by atoms with Gasteiger partial charge in [0.2, 0.25) is 11.8 Å². The Morgan fingerprint density at radius 3 is 1.86 bits per heavy atom. The Hall–Kier alpha value is -3.85. The highest BCUT2D eigenvalue weighted by molar-refractivity contribution is 7.92. The van der Waals surface area contributed by atoms with E-state index < -0.39 is 28.5 Å². The van der Waals surface area contributed by atoms with Crippen molar-refractivity contribution in [2.45, 2.75) is 37.8 Å². The predicted octanol–water partition coefficient (Wildman–Crippen LogP) is 6.60. The number of carbonyl (C=O) groups is 2. The number of hydrogen-bond donors (Lipinski definition) is 1. The summed E-state index contributed by atoms with van der Waals surface area (Å²) < 4.78 is 29.0. The zero-order valence-electron chi connectivity index (χ0n) is 24.6. The summed E-state index contributed by atoms with van der Waals surface area (Å²) in [5.41, 5.74) is 1.91. The van der Waals surface area contributed by atoms with Crippen molar-refractivity contribution in [1.82, 2.24) is 10.2 Å². The van der Waals surface area contributed by atoms with Crippen LogP contribution in [-0.2, 0) is 32.6 Å². The van der Waals surface area contributed by atoms with Gasteiger partial charge in [-0.25, -0.2) is 8.42 Å². The van der Waals surface area contributed by atoms with Crippen LogP contribution in [0.4, 0.5) is 5.69 Å². The van der Waals surface area contributed by atoms with E-state index in [1.54, 1.807) is 54.6 Å². The summed E-state index contributed by atoms with van der Waals surface area (Å²) in [4.78, 5) is 29.6. The molecule has 0 spiro atoms. The molecule has 7 nitrogen and oxygen atoms in total. The Bertz CT molecular complexity index is 1630. The van der Waals surface area contributed by atoms with Gasteiger partial charge in [0.05, 0.1) is 10.6 Å². The van der Waals surface area contributed by atoms with Gasteiger partial charge in [0.15, 0.2) is 0 Å². The first kappa shape index (κ1) is 33.1. The molecule has 0 saturated carbocycles. The van der Waals surface area contributed by atoms with Crippen LogP contribution in [0, 0.1) is 5.92 Å². The lowest BCUT2D eigenvalue weighted by Crippen LogP contribution is -2.53. The van der Waals surface area contributed by atoms with E-state index in [-0.39, 0.29) is 29.7 Å². The molecule has 0 radical (unpaired) electrons. The standard InChI is InChI=1S/C34H35Cl2N3O4S/c1-25(2)22-37-34(41)32(21-26-9-5-3-6-10-26)38(23-27-13-15-28(35)16-14-27)33(40)24-39(30-11-7-4-8-12-30)44(42,43)31-19-17-29(36)18-20-31/h3-20,25,32H,21-24H2,1-2H3,(H,37,41). The third-order valence-electron chi connectivity index (χ3n) is 6.95. The molecule has 4 aromatic carbocycles. The third-order valence-corrected chi connectivity index (χ3v) is 9.24. The second-order valence-electron chi connectivity index (χ2n) is 10.8. The van der Waals surface area contributed by atoms with Gasteiger partial charge < -0.3 is 10.2 Å². The summed E-state index contributed by atoms with van der Waals surface area (Å²) in [6.07, 6.45) is 0.235. The summed E-state index contributed by atoms with van der Waals surface area (Å²) in [6, 6.07) is 29.7. The maximum Gasteiger partial charge on any atom is 0.264 e. The van der Waals surface area contributed by atoms with Crippen molar-refractivity contribution in [3.8, 4) is 0 Å². The Balaban J connectivity index is 1.77. The lowest BCUT2D eigenvalue weighted by Gasteiger charge is -2.34. The van der Waals surface area contributed by atoms with Crippen molar-refractivity contribution in [3.05, 3.63) is 130 Å². The van der Waals surface area contributed by atoms with Gasteiger partial charge in [0.25, 0.3) is 10.0 Å². The first-order valence-corrected chi connectivity index (χ1v) is 16.4. The highest BCUT2D eigenvalue weighted by atomic mass is 35.5. The SMILES string of the molecule is CC(C)CNC(=O)C(Cc1ccccc1)N(Cc1ccc(Cl)cc1)C(=O)CN(c1ccccc1)S(=O)(=O)c1ccc(Cl)cc1. The van der Waals surface area contributed by atoms with Crippen molar-refractivity contribution < 1.29 is 18.0 Å². The van der Waals surface area contributed by atoms with Crippen LogP contribution in [0.25, 0.3) is 0 Å². The topological polar surface area (TPSA) is 86.8 Å². The van der Waals surface area contributed by atoms with Crippen molar-refractivity contribution in [3.63, 3.8) is 0 Å². The van der Waals surface area contributed by atoms with E-state index in [2.05, 4.69) is 5.32 Å². The number of para-hydroxylation sites is 1. The Morgan fingerprint density at radius 2 is 1.30 bits per heavy atom. The molecule has 10 heteroatoms. The van der Waals surface area contributed by atoms with Crippen LogP contribution in [-0.4, -0.2) is 44.3 Å². The first-order valence-electron chi connectivity index (χ1n) is 14.2. The first-order chi connectivity index (χ1) is 21.0. The lowest BCUT2D eigenvalue weighted by molar-refractivity contribution is -0.140. The van der Waals surface area contributed by atoms with Crippen LogP contribution < -0.4 is 9.62 Å². The molecular weight excluding hydrogens is 617 g/mol. The molecule has 0 aliphatic rings. The second-order valence-corrected chi connectivity index (χ2v) is 13.5. The molecule has 0 aromatic heterocycles. The summed E-state index contributed by atoms with van der Waals surface area (Å²) in [5, 5.41) is 3.90. The van der Waals surface area contributed by atoms with Gasteiger partial charge in [-0.15, -0.1) is 0 Å². The van der Waals surface area contributed by atoms with Gasteiger partial charge in [-0.3, -0.25) is 13.9 Å². The molecule has 4 aromatic rings. The maximum atomic E-state index is 14.4. The summed E-state index contributed by atoms with van der Waals surface area (Å²) in [6.45, 7) is 3.93. The van der Waals surface area contributed by atoms with Crippen molar-refractivity contribution in [2.75, 3.05) is 17.4 Å². The number of rotatable bonds is 13. The van der Waals surface area contributed by atoms with Gasteiger partial charge >= 0.3 is 0 Å². The van der Waals surface area contributed by atoms with Crippen LogP contribution in [0.3, 0.4) is 0 Å². The molecule has 0 aliphatic carbocycles. The number of anilines is 1. The number of nitrogens with one attached hydrogen (secondary N) is 1. The van der Waals surface area contributed by atoms with E-state index in [0.717, 1.165) is 15.4 Å². The number of amides is 2. The molecule has 230 valence electrons. The molecule has 0 heterocycles. The molecule has 0 saturated heterocycles. The average molecular weight is 653 g/mol. The minimum absolute atomic E-state index is 0.0154. The van der Waals surface area contributed by atoms with Gasteiger partial charge in [-0.1, -0.05) is 97.7 Å². The molecule has 0 bridgehead atoms. The van der Waals surface area contributed by atoms with Crippen LogP contribution >= 0.6 is 23.2 Å². The summed E-state index contributed by atoms with van der Waals surface area (Å²) in [7, 11) is -4.20. The van der Waals surface area contributed by atoms with E-state index >= 15 is 0 Å². The van der Waals surface area contributed by atoms with E-state index in [1.807, 2.05) is 44.2 Å². The highest BCUT2D eigenvalue weighted by Crippen LogP contribution is 2.26. The van der Waals surface area contributed by atoms with E-state index in [1.165, 1.54) is 29.2 Å². The van der Waals surface area contributed by atoms with Gasteiger partial charge in [-0.2, -0.15) is 0 Å².